The number of rotatable bonds is 8. The second kappa shape index (κ2) is 8.36. The lowest BCUT2D eigenvalue weighted by Gasteiger charge is -2.35. The zero-order chi connectivity index (χ0) is 21.1. The number of nitrogens with one attached hydrogen (secondary N) is 2. The Morgan fingerprint density at radius 2 is 2.13 bits per heavy atom. The molecule has 0 aliphatic heterocycles. The van der Waals surface area contributed by atoms with Gasteiger partial charge in [0.05, 0.1) is 25.1 Å². The maximum absolute atomic E-state index is 12.7. The number of H-pyrrole nitrogens is 1. The number of carboxylic acid groups (broad SMARTS) is 1. The van der Waals surface area contributed by atoms with E-state index in [0.717, 1.165) is 18.5 Å². The summed E-state index contributed by atoms with van der Waals surface area (Å²) >= 11 is 0. The quantitative estimate of drug-likeness (QED) is 0.517. The molecule has 1 saturated carbocycles. The second-order valence-electron chi connectivity index (χ2n) is 7.32. The third-order valence-electron chi connectivity index (χ3n) is 5.31. The zero-order valence-corrected chi connectivity index (χ0v) is 16.4. The Balaban J connectivity index is 1.43. The summed E-state index contributed by atoms with van der Waals surface area (Å²) in [4.78, 5) is 23.4. The van der Waals surface area contributed by atoms with Gasteiger partial charge in [-0.3, -0.25) is 14.7 Å². The minimum absolute atomic E-state index is 0.0386. The van der Waals surface area contributed by atoms with Gasteiger partial charge in [-0.25, -0.2) is 4.68 Å². The smallest absolute Gasteiger partial charge is 0.303 e. The average Bonchev–Trinajstić information content (AvgIpc) is 3.38. The highest BCUT2D eigenvalue weighted by Gasteiger charge is 2.31. The number of carbonyl (C=O) groups is 2. The molecular formula is C20H22N6O4. The summed E-state index contributed by atoms with van der Waals surface area (Å²) in [7, 11) is 1.59. The molecule has 2 heterocycles. The van der Waals surface area contributed by atoms with Crippen LogP contribution in [0.1, 0.15) is 36.2 Å². The Labute approximate surface area is 172 Å². The van der Waals surface area contributed by atoms with E-state index in [2.05, 4.69) is 25.8 Å². The van der Waals surface area contributed by atoms with Crippen molar-refractivity contribution in [3.05, 3.63) is 42.4 Å². The number of nitrogens with zero attached hydrogens (tertiary/aromatic N) is 4. The average molecular weight is 410 g/mol. The van der Waals surface area contributed by atoms with Gasteiger partial charge < -0.3 is 15.2 Å². The fourth-order valence-corrected chi connectivity index (χ4v) is 3.65. The Hall–Kier alpha value is -3.69. The molecule has 3 aromatic rings. The van der Waals surface area contributed by atoms with Crippen LogP contribution in [0.4, 0.5) is 0 Å². The van der Waals surface area contributed by atoms with Gasteiger partial charge in [-0.1, -0.05) is 17.3 Å². The first kappa shape index (κ1) is 19.6. The summed E-state index contributed by atoms with van der Waals surface area (Å²) < 4.78 is 6.94. The van der Waals surface area contributed by atoms with Crippen LogP contribution in [0.3, 0.4) is 0 Å². The van der Waals surface area contributed by atoms with Crippen molar-refractivity contribution in [2.24, 2.45) is 5.92 Å². The molecule has 2 aromatic heterocycles. The molecule has 0 spiro atoms. The van der Waals surface area contributed by atoms with Crippen LogP contribution in [0.15, 0.2) is 36.7 Å². The van der Waals surface area contributed by atoms with E-state index in [-0.39, 0.29) is 18.4 Å². The van der Waals surface area contributed by atoms with E-state index in [9.17, 15) is 9.59 Å². The van der Waals surface area contributed by atoms with Crippen molar-refractivity contribution in [1.29, 1.82) is 0 Å². The maximum atomic E-state index is 12.7. The number of aromatic amines is 1. The van der Waals surface area contributed by atoms with Crippen LogP contribution < -0.4 is 10.1 Å². The number of para-hydroxylation sites is 2. The molecule has 1 aliphatic carbocycles. The molecule has 0 saturated heterocycles. The zero-order valence-electron chi connectivity index (χ0n) is 16.4. The molecule has 0 unspecified atom stereocenters. The van der Waals surface area contributed by atoms with Crippen molar-refractivity contribution in [3.8, 4) is 22.7 Å². The largest absolute Gasteiger partial charge is 0.494 e. The predicted molar refractivity (Wildman–Crippen MR) is 106 cm³/mol. The number of hydrogen-bond acceptors (Lipinski definition) is 6. The fraction of sp³-hybridized carbons (Fsp3) is 0.350. The molecule has 1 aliphatic rings. The summed E-state index contributed by atoms with van der Waals surface area (Å²) in [6.45, 7) is 0. The molecular weight excluding hydrogens is 388 g/mol. The Morgan fingerprint density at radius 1 is 1.33 bits per heavy atom. The van der Waals surface area contributed by atoms with Gasteiger partial charge in [0.1, 0.15) is 22.8 Å². The molecule has 30 heavy (non-hydrogen) atoms. The summed E-state index contributed by atoms with van der Waals surface area (Å²) in [5.74, 6) is -0.0586. The molecule has 10 heteroatoms. The minimum atomic E-state index is -0.786. The van der Waals surface area contributed by atoms with Gasteiger partial charge in [-0.2, -0.15) is 5.10 Å². The van der Waals surface area contributed by atoms with Gasteiger partial charge in [0.2, 0.25) is 0 Å². The normalized spacial score (nSPS) is 17.9. The van der Waals surface area contributed by atoms with E-state index in [0.29, 0.717) is 35.0 Å². The van der Waals surface area contributed by atoms with Crippen molar-refractivity contribution in [1.82, 2.24) is 30.5 Å². The number of carboxylic acids is 1. The van der Waals surface area contributed by atoms with Crippen LogP contribution in [0, 0.1) is 5.92 Å². The van der Waals surface area contributed by atoms with Gasteiger partial charge in [-0.15, -0.1) is 5.10 Å². The highest BCUT2D eigenvalue weighted by molar-refractivity contribution is 5.98. The standard InChI is InChI=1S/C20H22N6O4/c1-30-17-5-3-2-4-16(17)26-11-15(23-25-26)14-10-21-24-19(14)20(29)22-13-8-12(9-13)6-7-18(27)28/h2-5,10-13H,6-9H2,1H3,(H,21,24)(H,22,29)(H,27,28). The highest BCUT2D eigenvalue weighted by Crippen LogP contribution is 2.32. The van der Waals surface area contributed by atoms with Crippen molar-refractivity contribution in [2.45, 2.75) is 31.7 Å². The Morgan fingerprint density at radius 3 is 2.90 bits per heavy atom. The topological polar surface area (TPSA) is 135 Å². The molecule has 156 valence electrons. The van der Waals surface area contributed by atoms with Crippen LogP contribution in [0.2, 0.25) is 0 Å². The monoisotopic (exact) mass is 410 g/mol. The van der Waals surface area contributed by atoms with E-state index in [1.807, 2.05) is 24.3 Å². The minimum Gasteiger partial charge on any atom is -0.494 e. The first-order valence-electron chi connectivity index (χ1n) is 9.67. The summed E-state index contributed by atoms with van der Waals surface area (Å²) in [5, 5.41) is 26.8. The van der Waals surface area contributed by atoms with Gasteiger partial charge in [0.25, 0.3) is 5.91 Å². The summed E-state index contributed by atoms with van der Waals surface area (Å²) in [6, 6.07) is 7.47. The van der Waals surface area contributed by atoms with E-state index in [1.54, 1.807) is 24.2 Å². The summed E-state index contributed by atoms with van der Waals surface area (Å²) in [5.41, 5.74) is 2.11. The third kappa shape index (κ3) is 4.02. The number of benzene rings is 1. The SMILES string of the molecule is COc1ccccc1-n1cc(-c2cn[nH]c2C(=O)NC2CC(CCC(=O)O)C2)nn1. The molecule has 0 bridgehead atoms. The van der Waals surface area contributed by atoms with Crippen LogP contribution in [-0.2, 0) is 4.79 Å². The van der Waals surface area contributed by atoms with Crippen molar-refractivity contribution in [2.75, 3.05) is 7.11 Å². The van der Waals surface area contributed by atoms with E-state index in [1.165, 1.54) is 0 Å². The van der Waals surface area contributed by atoms with Gasteiger partial charge >= 0.3 is 5.97 Å². The molecule has 0 atom stereocenters. The predicted octanol–water partition coefficient (Wildman–Crippen LogP) is 2.04. The van der Waals surface area contributed by atoms with Crippen molar-refractivity contribution in [3.63, 3.8) is 0 Å². The van der Waals surface area contributed by atoms with Crippen LogP contribution in [-0.4, -0.2) is 55.3 Å². The lowest BCUT2D eigenvalue weighted by molar-refractivity contribution is -0.137. The lowest BCUT2D eigenvalue weighted by atomic mass is 9.77. The number of hydrogen-bond donors (Lipinski definition) is 3. The molecule has 10 nitrogen and oxygen atoms in total. The number of methoxy groups -OCH3 is 1. The first-order valence-corrected chi connectivity index (χ1v) is 9.67. The molecule has 3 N–H and O–H groups in total. The number of amides is 1. The number of ether oxygens (including phenoxy) is 1. The van der Waals surface area contributed by atoms with E-state index < -0.39 is 5.97 Å². The number of aromatic nitrogens is 5. The number of carbonyl (C=O) groups excluding carboxylic acids is 1. The van der Waals surface area contributed by atoms with Crippen LogP contribution in [0.25, 0.3) is 16.9 Å². The first-order chi connectivity index (χ1) is 14.5. The highest BCUT2D eigenvalue weighted by atomic mass is 16.5. The van der Waals surface area contributed by atoms with Crippen molar-refractivity contribution < 1.29 is 19.4 Å². The third-order valence-corrected chi connectivity index (χ3v) is 5.31. The Bertz CT molecular complexity index is 1050. The van der Waals surface area contributed by atoms with Crippen molar-refractivity contribution >= 4 is 11.9 Å². The van der Waals surface area contributed by atoms with Crippen LogP contribution >= 0.6 is 0 Å². The van der Waals surface area contributed by atoms with Crippen LogP contribution in [0.5, 0.6) is 5.75 Å². The van der Waals surface area contributed by atoms with Gasteiger partial charge in [0, 0.05) is 12.5 Å². The number of aliphatic carboxylic acids is 1. The van der Waals surface area contributed by atoms with Gasteiger partial charge in [0.15, 0.2) is 0 Å². The van der Waals surface area contributed by atoms with E-state index in [4.69, 9.17) is 9.84 Å². The molecule has 1 amide bonds. The lowest BCUT2D eigenvalue weighted by Crippen LogP contribution is -2.44. The molecule has 1 aromatic carbocycles. The maximum Gasteiger partial charge on any atom is 0.303 e. The molecule has 4 rings (SSSR count). The fourth-order valence-electron chi connectivity index (χ4n) is 3.65. The van der Waals surface area contributed by atoms with E-state index >= 15 is 0 Å². The Kier molecular flexibility index (Phi) is 5.46. The van der Waals surface area contributed by atoms with Gasteiger partial charge in [-0.05, 0) is 37.3 Å². The molecule has 1 fully saturated rings. The molecule has 0 radical (unpaired) electrons. The summed E-state index contributed by atoms with van der Waals surface area (Å²) in [6.07, 6.45) is 5.63. The second-order valence-corrected chi connectivity index (χ2v) is 7.32.